The van der Waals surface area contributed by atoms with Gasteiger partial charge in [0, 0.05) is 13.2 Å². The lowest BCUT2D eigenvalue weighted by molar-refractivity contribution is -0.0775. The monoisotopic (exact) mass is 300 g/mol. The minimum absolute atomic E-state index is 0.136. The van der Waals surface area contributed by atoms with Gasteiger partial charge >= 0.3 is 0 Å². The van der Waals surface area contributed by atoms with Crippen LogP contribution in [-0.2, 0) is 9.47 Å². The van der Waals surface area contributed by atoms with E-state index in [1.807, 2.05) is 12.2 Å². The van der Waals surface area contributed by atoms with Gasteiger partial charge in [-0.15, -0.1) is 13.2 Å². The number of allylic oxidation sites excluding steroid dienone is 2. The van der Waals surface area contributed by atoms with E-state index in [0.29, 0.717) is 26.4 Å². The van der Waals surface area contributed by atoms with Gasteiger partial charge in [-0.2, -0.15) is 0 Å². The van der Waals surface area contributed by atoms with Crippen LogP contribution in [0.4, 0.5) is 0 Å². The standard InChI is InChI=1S/C17H32O4/c1-3-5-7-9-11-20-15-17(13-18,14-19)16-21-12-10-8-6-4-2/h3-4,18-19H,1-2,5-16H2. The molecule has 0 radical (unpaired) electrons. The van der Waals surface area contributed by atoms with E-state index in [9.17, 15) is 10.2 Å². The predicted molar refractivity (Wildman–Crippen MR) is 86.3 cm³/mol. The molecular formula is C17H32O4. The molecule has 0 saturated carbocycles. The molecule has 0 heterocycles. The largest absolute Gasteiger partial charge is 0.396 e. The minimum atomic E-state index is -0.698. The molecule has 0 aromatic carbocycles. The van der Waals surface area contributed by atoms with Crippen molar-refractivity contribution in [2.75, 3.05) is 39.6 Å². The number of hydrogen-bond donors (Lipinski definition) is 2. The molecule has 0 aliphatic carbocycles. The summed E-state index contributed by atoms with van der Waals surface area (Å²) in [5.41, 5.74) is -0.698. The van der Waals surface area contributed by atoms with Crippen molar-refractivity contribution in [3.05, 3.63) is 25.3 Å². The second kappa shape index (κ2) is 14.3. The Kier molecular flexibility index (Phi) is 13.8. The van der Waals surface area contributed by atoms with E-state index in [-0.39, 0.29) is 13.2 Å². The molecular weight excluding hydrogens is 268 g/mol. The minimum Gasteiger partial charge on any atom is -0.396 e. The van der Waals surface area contributed by atoms with E-state index in [1.165, 1.54) is 0 Å². The molecule has 0 aliphatic heterocycles. The molecule has 4 nitrogen and oxygen atoms in total. The molecule has 0 spiro atoms. The van der Waals surface area contributed by atoms with Gasteiger partial charge in [0.15, 0.2) is 0 Å². The van der Waals surface area contributed by atoms with Crippen molar-refractivity contribution in [1.29, 1.82) is 0 Å². The zero-order chi connectivity index (χ0) is 15.8. The number of aliphatic hydroxyl groups excluding tert-OH is 2. The Morgan fingerprint density at radius 1 is 0.762 bits per heavy atom. The van der Waals surface area contributed by atoms with Crippen LogP contribution < -0.4 is 0 Å². The summed E-state index contributed by atoms with van der Waals surface area (Å²) >= 11 is 0. The molecule has 0 fully saturated rings. The van der Waals surface area contributed by atoms with Crippen LogP contribution >= 0.6 is 0 Å². The maximum absolute atomic E-state index is 9.51. The second-order valence-electron chi connectivity index (χ2n) is 5.49. The van der Waals surface area contributed by atoms with Crippen molar-refractivity contribution in [1.82, 2.24) is 0 Å². The highest BCUT2D eigenvalue weighted by Crippen LogP contribution is 2.17. The van der Waals surface area contributed by atoms with Crippen LogP contribution in [0.15, 0.2) is 25.3 Å². The fraction of sp³-hybridized carbons (Fsp3) is 0.765. The predicted octanol–water partition coefficient (Wildman–Crippen LogP) is 2.70. The van der Waals surface area contributed by atoms with E-state index in [1.54, 1.807) is 0 Å². The van der Waals surface area contributed by atoms with Crippen LogP contribution in [0.2, 0.25) is 0 Å². The lowest BCUT2D eigenvalue weighted by Gasteiger charge is -2.29. The van der Waals surface area contributed by atoms with Gasteiger partial charge in [-0.1, -0.05) is 12.2 Å². The Hall–Kier alpha value is -0.680. The average molecular weight is 300 g/mol. The van der Waals surface area contributed by atoms with Gasteiger partial charge in [0.05, 0.1) is 31.8 Å². The van der Waals surface area contributed by atoms with Gasteiger partial charge in [-0.05, 0) is 38.5 Å². The van der Waals surface area contributed by atoms with Crippen molar-refractivity contribution in [2.45, 2.75) is 38.5 Å². The molecule has 0 bridgehead atoms. The summed E-state index contributed by atoms with van der Waals surface area (Å²) in [5.74, 6) is 0. The fourth-order valence-corrected chi connectivity index (χ4v) is 1.84. The summed E-state index contributed by atoms with van der Waals surface area (Å²) in [6.45, 7) is 8.99. The zero-order valence-electron chi connectivity index (χ0n) is 13.3. The first-order chi connectivity index (χ1) is 10.2. The van der Waals surface area contributed by atoms with Crippen LogP contribution in [0.25, 0.3) is 0 Å². The average Bonchev–Trinajstić information content (AvgIpc) is 2.52. The van der Waals surface area contributed by atoms with E-state index in [4.69, 9.17) is 9.47 Å². The van der Waals surface area contributed by atoms with Gasteiger partial charge < -0.3 is 19.7 Å². The highest BCUT2D eigenvalue weighted by atomic mass is 16.5. The summed E-state index contributed by atoms with van der Waals surface area (Å²) in [6.07, 6.45) is 9.79. The highest BCUT2D eigenvalue weighted by Gasteiger charge is 2.29. The smallest absolute Gasteiger partial charge is 0.0632 e. The number of hydrogen-bond acceptors (Lipinski definition) is 4. The summed E-state index contributed by atoms with van der Waals surface area (Å²) in [6, 6.07) is 0. The SMILES string of the molecule is C=CCCCCOCC(CO)(CO)COCCCCC=C. The van der Waals surface area contributed by atoms with Crippen molar-refractivity contribution in [3.8, 4) is 0 Å². The van der Waals surface area contributed by atoms with Crippen molar-refractivity contribution in [3.63, 3.8) is 0 Å². The second-order valence-corrected chi connectivity index (χ2v) is 5.49. The third kappa shape index (κ3) is 10.7. The molecule has 0 atom stereocenters. The van der Waals surface area contributed by atoms with Crippen molar-refractivity contribution < 1.29 is 19.7 Å². The normalized spacial score (nSPS) is 11.5. The van der Waals surface area contributed by atoms with Gasteiger partial charge in [-0.25, -0.2) is 0 Å². The fourth-order valence-electron chi connectivity index (χ4n) is 1.84. The number of aliphatic hydroxyl groups is 2. The Balaban J connectivity index is 3.83. The van der Waals surface area contributed by atoms with E-state index in [0.717, 1.165) is 38.5 Å². The summed E-state index contributed by atoms with van der Waals surface area (Å²) in [7, 11) is 0. The summed E-state index contributed by atoms with van der Waals surface area (Å²) in [4.78, 5) is 0. The van der Waals surface area contributed by atoms with Gasteiger partial charge in [0.1, 0.15) is 0 Å². The summed E-state index contributed by atoms with van der Waals surface area (Å²) in [5, 5.41) is 19.0. The Bertz CT molecular complexity index is 227. The molecule has 4 heteroatoms. The molecule has 0 amide bonds. The Morgan fingerprint density at radius 3 is 1.52 bits per heavy atom. The number of unbranched alkanes of at least 4 members (excludes halogenated alkanes) is 4. The number of rotatable bonds is 16. The lowest BCUT2D eigenvalue weighted by atomic mass is 9.92. The highest BCUT2D eigenvalue weighted by molar-refractivity contribution is 4.77. The Labute approximate surface area is 129 Å². The quantitative estimate of drug-likeness (QED) is 0.340. The van der Waals surface area contributed by atoms with E-state index < -0.39 is 5.41 Å². The van der Waals surface area contributed by atoms with E-state index >= 15 is 0 Å². The third-order valence-corrected chi connectivity index (χ3v) is 3.38. The molecule has 0 rings (SSSR count). The third-order valence-electron chi connectivity index (χ3n) is 3.38. The first kappa shape index (κ1) is 20.3. The van der Waals surface area contributed by atoms with Crippen molar-refractivity contribution >= 4 is 0 Å². The van der Waals surface area contributed by atoms with Crippen LogP contribution in [0.1, 0.15) is 38.5 Å². The van der Waals surface area contributed by atoms with Gasteiger partial charge in [0.2, 0.25) is 0 Å². The maximum Gasteiger partial charge on any atom is 0.0632 e. The van der Waals surface area contributed by atoms with Gasteiger partial charge in [-0.3, -0.25) is 0 Å². The molecule has 124 valence electrons. The molecule has 0 aromatic rings. The zero-order valence-corrected chi connectivity index (χ0v) is 13.3. The lowest BCUT2D eigenvalue weighted by Crippen LogP contribution is -2.40. The molecule has 0 aromatic heterocycles. The van der Waals surface area contributed by atoms with Crippen LogP contribution in [-0.4, -0.2) is 49.9 Å². The molecule has 0 saturated heterocycles. The van der Waals surface area contributed by atoms with Crippen molar-refractivity contribution in [2.24, 2.45) is 5.41 Å². The van der Waals surface area contributed by atoms with Gasteiger partial charge in [0.25, 0.3) is 0 Å². The molecule has 0 aliphatic rings. The first-order valence-corrected chi connectivity index (χ1v) is 7.83. The number of ether oxygens (including phenoxy) is 2. The van der Waals surface area contributed by atoms with Crippen LogP contribution in [0.5, 0.6) is 0 Å². The topological polar surface area (TPSA) is 58.9 Å². The maximum atomic E-state index is 9.51. The first-order valence-electron chi connectivity index (χ1n) is 7.83. The van der Waals surface area contributed by atoms with Crippen LogP contribution in [0, 0.1) is 5.41 Å². The molecule has 0 unspecified atom stereocenters. The Morgan fingerprint density at radius 2 is 1.19 bits per heavy atom. The summed E-state index contributed by atoms with van der Waals surface area (Å²) < 4.78 is 11.2. The van der Waals surface area contributed by atoms with Crippen LogP contribution in [0.3, 0.4) is 0 Å². The van der Waals surface area contributed by atoms with E-state index in [2.05, 4.69) is 13.2 Å². The molecule has 21 heavy (non-hydrogen) atoms. The molecule has 2 N–H and O–H groups in total.